The molecule has 1 heterocycles. The van der Waals surface area contributed by atoms with Crippen molar-refractivity contribution in [3.8, 4) is 6.07 Å². The first-order chi connectivity index (χ1) is 6.87. The van der Waals surface area contributed by atoms with Gasteiger partial charge < -0.3 is 4.57 Å². The highest BCUT2D eigenvalue weighted by Crippen LogP contribution is 2.20. The molecule has 0 bridgehead atoms. The summed E-state index contributed by atoms with van der Waals surface area (Å²) in [5.41, 5.74) is 0.667. The first-order valence-corrected chi connectivity index (χ1v) is 5.77. The number of hydrogen-bond acceptors (Lipinski definition) is 3. The molecule has 1 aromatic rings. The largest absolute Gasteiger partial charge is 0.307 e. The summed E-state index contributed by atoms with van der Waals surface area (Å²) < 4.78 is 1.76. The molecule has 0 unspecified atom stereocenters. The van der Waals surface area contributed by atoms with Crippen LogP contribution < -0.4 is 4.87 Å². The van der Waals surface area contributed by atoms with Crippen molar-refractivity contribution in [2.75, 3.05) is 0 Å². The van der Waals surface area contributed by atoms with Crippen molar-refractivity contribution in [1.29, 1.82) is 5.26 Å². The van der Waals surface area contributed by atoms with E-state index in [0.717, 1.165) is 10.6 Å². The summed E-state index contributed by atoms with van der Waals surface area (Å²) >= 11 is 1.28. The Bertz CT molecular complexity index is 448. The number of aromatic nitrogens is 1. The lowest BCUT2D eigenvalue weighted by Gasteiger charge is -2.15. The summed E-state index contributed by atoms with van der Waals surface area (Å²) in [5.74, 6) is 0. The van der Waals surface area contributed by atoms with Crippen LogP contribution in [0.4, 0.5) is 0 Å². The molecule has 0 spiro atoms. The molecular weight excluding hydrogens is 208 g/mol. The number of thiazole rings is 1. The molecule has 1 rings (SSSR count). The van der Waals surface area contributed by atoms with E-state index in [1.807, 2.05) is 27.7 Å². The second-order valence-corrected chi connectivity index (χ2v) is 5.57. The molecule has 0 aliphatic rings. The number of rotatable bonds is 3. The molecule has 0 N–H and O–H groups in total. The van der Waals surface area contributed by atoms with Crippen LogP contribution in [0.2, 0.25) is 0 Å². The van der Waals surface area contributed by atoms with Crippen LogP contribution in [0.3, 0.4) is 0 Å². The Hall–Kier alpha value is -1.08. The summed E-state index contributed by atoms with van der Waals surface area (Å²) in [4.78, 5) is 12.7. The van der Waals surface area contributed by atoms with Crippen molar-refractivity contribution in [3.05, 3.63) is 20.2 Å². The van der Waals surface area contributed by atoms with E-state index in [9.17, 15) is 4.79 Å². The highest BCUT2D eigenvalue weighted by molar-refractivity contribution is 7.09. The molecule has 82 valence electrons. The highest BCUT2D eigenvalue weighted by atomic mass is 32.1. The fourth-order valence-corrected chi connectivity index (χ4v) is 2.15. The molecule has 4 heteroatoms. The third-order valence-corrected chi connectivity index (χ3v) is 3.63. The molecular formula is C11H16N2OS. The van der Waals surface area contributed by atoms with Crippen molar-refractivity contribution in [2.24, 2.45) is 5.41 Å². The molecule has 0 saturated heterocycles. The van der Waals surface area contributed by atoms with Crippen LogP contribution in [0.25, 0.3) is 0 Å². The third kappa shape index (κ3) is 2.69. The van der Waals surface area contributed by atoms with Crippen LogP contribution in [0, 0.1) is 30.6 Å². The van der Waals surface area contributed by atoms with Crippen LogP contribution in [0.1, 0.15) is 30.8 Å². The minimum atomic E-state index is -0.359. The second-order valence-electron chi connectivity index (χ2n) is 4.41. The van der Waals surface area contributed by atoms with Crippen molar-refractivity contribution in [2.45, 2.75) is 40.7 Å². The highest BCUT2D eigenvalue weighted by Gasteiger charge is 2.18. The third-order valence-electron chi connectivity index (χ3n) is 2.64. The number of aryl methyl sites for hydroxylation is 1. The Morgan fingerprint density at radius 1 is 1.47 bits per heavy atom. The van der Waals surface area contributed by atoms with Gasteiger partial charge >= 0.3 is 4.87 Å². The van der Waals surface area contributed by atoms with Gasteiger partial charge in [-0.1, -0.05) is 11.3 Å². The Kier molecular flexibility index (Phi) is 3.35. The standard InChI is InChI=1S/C11H16N2OS/c1-8-9(2)15-10(14)13(8)6-5-11(3,4)7-12/h5-6H2,1-4H3. The predicted molar refractivity (Wildman–Crippen MR) is 62.1 cm³/mol. The lowest BCUT2D eigenvalue weighted by molar-refractivity contribution is 0.409. The van der Waals surface area contributed by atoms with Crippen molar-refractivity contribution in [1.82, 2.24) is 4.57 Å². The van der Waals surface area contributed by atoms with Gasteiger partial charge in [-0.2, -0.15) is 5.26 Å². The summed E-state index contributed by atoms with van der Waals surface area (Å²) in [6.07, 6.45) is 0.709. The smallest absolute Gasteiger partial charge is 0.303 e. The Morgan fingerprint density at radius 3 is 2.47 bits per heavy atom. The minimum Gasteiger partial charge on any atom is -0.303 e. The van der Waals surface area contributed by atoms with Gasteiger partial charge in [-0.3, -0.25) is 4.79 Å². The Labute approximate surface area is 94.0 Å². The van der Waals surface area contributed by atoms with E-state index in [1.165, 1.54) is 11.3 Å². The minimum absolute atomic E-state index is 0.0822. The monoisotopic (exact) mass is 224 g/mol. The van der Waals surface area contributed by atoms with E-state index in [1.54, 1.807) is 4.57 Å². The van der Waals surface area contributed by atoms with Crippen LogP contribution >= 0.6 is 11.3 Å². The maximum absolute atomic E-state index is 11.6. The number of nitriles is 1. The summed E-state index contributed by atoms with van der Waals surface area (Å²) in [6.45, 7) is 8.33. The van der Waals surface area contributed by atoms with Crippen molar-refractivity contribution >= 4 is 11.3 Å². The molecule has 0 aliphatic carbocycles. The van der Waals surface area contributed by atoms with E-state index < -0.39 is 0 Å². The fraction of sp³-hybridized carbons (Fsp3) is 0.636. The van der Waals surface area contributed by atoms with E-state index in [4.69, 9.17) is 5.26 Å². The van der Waals surface area contributed by atoms with E-state index in [-0.39, 0.29) is 10.3 Å². The molecule has 0 fully saturated rings. The zero-order chi connectivity index (χ0) is 11.6. The SMILES string of the molecule is Cc1sc(=O)n(CCC(C)(C)C#N)c1C. The topological polar surface area (TPSA) is 45.8 Å². The maximum Gasteiger partial charge on any atom is 0.307 e. The van der Waals surface area contributed by atoms with Gasteiger partial charge in [-0.15, -0.1) is 0 Å². The summed E-state index contributed by atoms with van der Waals surface area (Å²) in [5, 5.41) is 8.88. The number of hydrogen-bond donors (Lipinski definition) is 0. The zero-order valence-electron chi connectivity index (χ0n) is 9.63. The first kappa shape index (κ1) is 12.0. The van der Waals surface area contributed by atoms with Gasteiger partial charge in [0, 0.05) is 17.1 Å². The van der Waals surface area contributed by atoms with Gasteiger partial charge in [0.05, 0.1) is 11.5 Å². The van der Waals surface area contributed by atoms with Gasteiger partial charge in [0.25, 0.3) is 0 Å². The van der Waals surface area contributed by atoms with Crippen LogP contribution in [-0.4, -0.2) is 4.57 Å². The Morgan fingerprint density at radius 2 is 2.07 bits per heavy atom. The van der Waals surface area contributed by atoms with E-state index in [0.29, 0.717) is 13.0 Å². The van der Waals surface area contributed by atoms with E-state index >= 15 is 0 Å². The normalized spacial score (nSPS) is 11.4. The molecule has 0 amide bonds. The van der Waals surface area contributed by atoms with Crippen LogP contribution in [0.15, 0.2) is 4.79 Å². The van der Waals surface area contributed by atoms with E-state index in [2.05, 4.69) is 6.07 Å². The lowest BCUT2D eigenvalue weighted by Crippen LogP contribution is -2.19. The molecule has 15 heavy (non-hydrogen) atoms. The van der Waals surface area contributed by atoms with Gasteiger partial charge in [0.1, 0.15) is 0 Å². The number of nitrogens with zero attached hydrogens (tertiary/aromatic N) is 2. The van der Waals surface area contributed by atoms with Gasteiger partial charge in [-0.25, -0.2) is 0 Å². The average Bonchev–Trinajstić information content (AvgIpc) is 2.39. The second kappa shape index (κ2) is 4.19. The zero-order valence-corrected chi connectivity index (χ0v) is 10.4. The lowest BCUT2D eigenvalue weighted by atomic mass is 9.91. The van der Waals surface area contributed by atoms with Gasteiger partial charge in [-0.05, 0) is 34.1 Å². The molecule has 0 aromatic carbocycles. The summed E-state index contributed by atoms with van der Waals surface area (Å²) in [7, 11) is 0. The predicted octanol–water partition coefficient (Wildman–Crippen LogP) is 2.47. The van der Waals surface area contributed by atoms with Gasteiger partial charge in [0.2, 0.25) is 0 Å². The van der Waals surface area contributed by atoms with Crippen LogP contribution in [0.5, 0.6) is 0 Å². The van der Waals surface area contributed by atoms with Crippen LogP contribution in [-0.2, 0) is 6.54 Å². The molecule has 0 atom stereocenters. The summed E-state index contributed by atoms with van der Waals surface area (Å²) in [6, 6.07) is 2.25. The van der Waals surface area contributed by atoms with Crippen molar-refractivity contribution < 1.29 is 0 Å². The fourth-order valence-electron chi connectivity index (χ4n) is 1.29. The van der Waals surface area contributed by atoms with Gasteiger partial charge in [0.15, 0.2) is 0 Å². The van der Waals surface area contributed by atoms with Crippen molar-refractivity contribution in [3.63, 3.8) is 0 Å². The molecule has 0 radical (unpaired) electrons. The average molecular weight is 224 g/mol. The molecule has 1 aromatic heterocycles. The molecule has 0 aliphatic heterocycles. The Balaban J connectivity index is 2.84. The quantitative estimate of drug-likeness (QED) is 0.791. The maximum atomic E-state index is 11.6. The molecule has 3 nitrogen and oxygen atoms in total. The first-order valence-electron chi connectivity index (χ1n) is 4.95. The molecule has 0 saturated carbocycles.